The summed E-state index contributed by atoms with van der Waals surface area (Å²) in [5.74, 6) is 0. The summed E-state index contributed by atoms with van der Waals surface area (Å²) in [6.07, 6.45) is 1.11. The summed E-state index contributed by atoms with van der Waals surface area (Å²) in [6.45, 7) is 34.7. The second-order valence-corrected chi connectivity index (χ2v) is 30.0. The quantitative estimate of drug-likeness (QED) is 0.162. The molecule has 0 radical (unpaired) electrons. The molecule has 0 heteroatoms. The minimum Gasteiger partial charge on any atom is -0.0616 e. The molecule has 16 aromatic rings. The molecule has 0 nitrogen and oxygen atoms in total. The van der Waals surface area contributed by atoms with E-state index in [1.54, 1.807) is 0 Å². The summed E-state index contributed by atoms with van der Waals surface area (Å²) in [5.41, 5.74) is 35.6. The van der Waals surface area contributed by atoms with Crippen molar-refractivity contribution in [2.75, 3.05) is 0 Å². The van der Waals surface area contributed by atoms with Crippen LogP contribution in [0, 0.1) is 96.9 Å². The van der Waals surface area contributed by atoms with Crippen LogP contribution >= 0.6 is 0 Å². The molecule has 516 valence electrons. The first kappa shape index (κ1) is 72.6. The predicted octanol–water partition coefficient (Wildman–Crippen LogP) is 29.1. The first-order valence-corrected chi connectivity index (χ1v) is 37.0. The van der Waals surface area contributed by atoms with Crippen molar-refractivity contribution in [3.63, 3.8) is 0 Å². The highest BCUT2D eigenvalue weighted by molar-refractivity contribution is 5.98. The lowest BCUT2D eigenvalue weighted by Gasteiger charge is -2.22. The Morgan fingerprint density at radius 2 is 0.548 bits per heavy atom. The zero-order valence-corrected chi connectivity index (χ0v) is 64.1. The van der Waals surface area contributed by atoms with E-state index in [4.69, 9.17) is 0 Å². The first-order valence-electron chi connectivity index (χ1n) is 37.0. The van der Waals surface area contributed by atoms with E-state index in [9.17, 15) is 0 Å². The Hall–Kier alpha value is -11.2. The Morgan fingerprint density at radius 1 is 0.192 bits per heavy atom. The second kappa shape index (κ2) is 32.0. The largest absolute Gasteiger partial charge is 0.0616 e. The normalized spacial score (nSPS) is 11.7. The predicted molar refractivity (Wildman–Crippen MR) is 456 cm³/mol. The van der Waals surface area contributed by atoms with E-state index in [0.29, 0.717) is 0 Å². The summed E-state index contributed by atoms with van der Waals surface area (Å²) in [6, 6.07) is 110. The smallest absolute Gasteiger partial charge is 0.0159 e. The van der Waals surface area contributed by atoms with Gasteiger partial charge in [0.15, 0.2) is 0 Å². The van der Waals surface area contributed by atoms with Crippen LogP contribution in [0.15, 0.2) is 303 Å². The third kappa shape index (κ3) is 17.3. The van der Waals surface area contributed by atoms with E-state index >= 15 is 0 Å². The van der Waals surface area contributed by atoms with Crippen LogP contribution in [0.5, 0.6) is 0 Å². The Balaban J connectivity index is 0.000000115. The van der Waals surface area contributed by atoms with Gasteiger partial charge in [0.1, 0.15) is 0 Å². The van der Waals surface area contributed by atoms with Gasteiger partial charge >= 0.3 is 0 Å². The molecule has 0 heterocycles. The Labute approximate surface area is 620 Å². The van der Waals surface area contributed by atoms with Gasteiger partial charge in [-0.2, -0.15) is 0 Å². The average molecular weight is 1350 g/mol. The maximum Gasteiger partial charge on any atom is 0.0159 e. The fraction of sp³-hybridized carbons (Fsp3) is 0.173. The molecule has 18 rings (SSSR count). The number of hydrogen-bond acceptors (Lipinski definition) is 0. The number of aryl methyl sites for hydroxylation is 14. The third-order valence-corrected chi connectivity index (χ3v) is 20.6. The highest BCUT2D eigenvalue weighted by atomic mass is 14.4. The van der Waals surface area contributed by atoms with Gasteiger partial charge < -0.3 is 0 Å². The van der Waals surface area contributed by atoms with E-state index in [1.165, 1.54) is 199 Å². The molecule has 16 aromatic carbocycles. The van der Waals surface area contributed by atoms with E-state index in [1.807, 2.05) is 0 Å². The Morgan fingerprint density at radius 3 is 1.07 bits per heavy atom. The van der Waals surface area contributed by atoms with Crippen molar-refractivity contribution < 1.29 is 0 Å². The van der Waals surface area contributed by atoms with Crippen LogP contribution in [-0.4, -0.2) is 0 Å². The SMILES string of the molecule is Cc1ccc(-c2ccc(C)c3ccccc23)cc1.Cc1ccc2c(C)cccc2c1.Cc1ccc2c(c1)C(C)(C)c1cc(C)ccc1-2.Cc1ccc2c(c1)Cc1cc(C)ccc1-2.Cc1ccc2cc(C)ccc2c1.Cc1ccc2ccc(C)cc2c1.Cc1cccc(-c2ccc3cc(C)ccc3c2)c1. The number of benzene rings is 16. The lowest BCUT2D eigenvalue weighted by molar-refractivity contribution is 0.659. The zero-order chi connectivity index (χ0) is 73.3. The third-order valence-electron chi connectivity index (χ3n) is 20.6. The second-order valence-electron chi connectivity index (χ2n) is 30.0. The molecule has 0 aromatic heterocycles. The van der Waals surface area contributed by atoms with Crippen LogP contribution in [-0.2, 0) is 11.8 Å². The lowest BCUT2D eigenvalue weighted by Crippen LogP contribution is -2.15. The van der Waals surface area contributed by atoms with Crippen molar-refractivity contribution in [3.8, 4) is 44.5 Å². The zero-order valence-electron chi connectivity index (χ0n) is 64.1. The highest BCUT2D eigenvalue weighted by Crippen LogP contribution is 2.49. The van der Waals surface area contributed by atoms with Crippen LogP contribution in [0.1, 0.15) is 114 Å². The van der Waals surface area contributed by atoms with E-state index in [0.717, 1.165) is 6.42 Å². The number of fused-ring (bicyclic) bond motifs is 11. The van der Waals surface area contributed by atoms with Gasteiger partial charge in [0.2, 0.25) is 0 Å². The standard InChI is InChI=1S/2C18H16.C17H18.C15H14.3C12H12/c1-13-4-3-5-15(10-13)18-9-8-16-11-14(2)6-7-17(16)12-18;1-13-7-10-15(11-8-13)17-12-9-14(2)16-5-3-4-6-18(16)17;1-11-5-7-13-14-8-6-12(2)10-16(14)17(3,4)15(13)9-11;1-10-3-5-14-12(7-10)9-13-8-11(2)4-6-15(13)14;1-9-3-5-12-8-10(2)4-6-11(12)7-9;1-9-3-5-11-6-4-10(2)8-12(11)7-9;1-9-6-7-12-10(2)4-3-5-11(12)8-9/h2*3-12H,1-2H3;5-10H,1-4H3;3-8H,9H2,1-2H3;3*3-8H,1-2H3. The maximum atomic E-state index is 2.34. The topological polar surface area (TPSA) is 0 Å². The van der Waals surface area contributed by atoms with E-state index < -0.39 is 0 Å². The molecule has 0 atom stereocenters. The molecule has 0 amide bonds. The van der Waals surface area contributed by atoms with Gasteiger partial charge in [-0.05, 0) is 241 Å². The molecule has 0 saturated carbocycles. The van der Waals surface area contributed by atoms with E-state index in [2.05, 4.69) is 414 Å². The Kier molecular flexibility index (Phi) is 22.3. The van der Waals surface area contributed by atoms with Gasteiger partial charge in [0, 0.05) is 5.41 Å². The van der Waals surface area contributed by atoms with Gasteiger partial charge in [-0.3, -0.25) is 0 Å². The summed E-state index contributed by atoms with van der Waals surface area (Å²) >= 11 is 0. The molecule has 0 fully saturated rings. The molecular weight excluding hydrogens is 1250 g/mol. The van der Waals surface area contributed by atoms with Gasteiger partial charge in [0.05, 0.1) is 0 Å². The molecular formula is C104H100. The molecule has 0 unspecified atom stereocenters. The summed E-state index contributed by atoms with van der Waals surface area (Å²) < 4.78 is 0. The molecule has 0 bridgehead atoms. The van der Waals surface area contributed by atoms with Crippen LogP contribution < -0.4 is 0 Å². The molecule has 2 aliphatic rings. The van der Waals surface area contributed by atoms with E-state index in [-0.39, 0.29) is 5.41 Å². The summed E-state index contributed by atoms with van der Waals surface area (Å²) in [4.78, 5) is 0. The minimum absolute atomic E-state index is 0.142. The fourth-order valence-corrected chi connectivity index (χ4v) is 14.8. The number of rotatable bonds is 2. The van der Waals surface area contributed by atoms with Crippen molar-refractivity contribution in [2.24, 2.45) is 0 Å². The lowest BCUT2D eigenvalue weighted by atomic mass is 9.81. The average Bonchev–Trinajstić information content (AvgIpc) is 1.58. The molecule has 0 spiro atoms. The van der Waals surface area contributed by atoms with Crippen molar-refractivity contribution in [3.05, 3.63) is 403 Å². The molecule has 0 saturated heterocycles. The molecule has 0 aliphatic heterocycles. The Bertz CT molecular complexity index is 5580. The molecule has 104 heavy (non-hydrogen) atoms. The van der Waals surface area contributed by atoms with Crippen LogP contribution in [0.2, 0.25) is 0 Å². The molecule has 0 N–H and O–H groups in total. The van der Waals surface area contributed by atoms with Crippen LogP contribution in [0.3, 0.4) is 0 Å². The van der Waals surface area contributed by atoms with Crippen molar-refractivity contribution in [2.45, 2.75) is 123 Å². The maximum absolute atomic E-state index is 2.34. The van der Waals surface area contributed by atoms with Crippen LogP contribution in [0.25, 0.3) is 98.4 Å². The number of hydrogen-bond donors (Lipinski definition) is 0. The van der Waals surface area contributed by atoms with Crippen molar-refractivity contribution in [1.29, 1.82) is 0 Å². The fourth-order valence-electron chi connectivity index (χ4n) is 14.8. The first-order chi connectivity index (χ1) is 50.0. The van der Waals surface area contributed by atoms with Crippen molar-refractivity contribution >= 4 is 53.9 Å². The summed E-state index contributed by atoms with van der Waals surface area (Å²) in [7, 11) is 0. The molecule has 2 aliphatic carbocycles. The van der Waals surface area contributed by atoms with Gasteiger partial charge in [-0.15, -0.1) is 0 Å². The highest BCUT2D eigenvalue weighted by Gasteiger charge is 2.35. The van der Waals surface area contributed by atoms with Gasteiger partial charge in [-0.1, -0.05) is 378 Å². The van der Waals surface area contributed by atoms with Gasteiger partial charge in [0.25, 0.3) is 0 Å². The van der Waals surface area contributed by atoms with Crippen molar-refractivity contribution in [1.82, 2.24) is 0 Å². The summed E-state index contributed by atoms with van der Waals surface area (Å²) in [5, 5.41) is 13.3. The van der Waals surface area contributed by atoms with Crippen LogP contribution in [0.4, 0.5) is 0 Å². The van der Waals surface area contributed by atoms with Gasteiger partial charge in [-0.25, -0.2) is 0 Å². The minimum atomic E-state index is 0.142. The monoisotopic (exact) mass is 1350 g/mol.